The number of carbonyl (C=O) groups is 1. The summed E-state index contributed by atoms with van der Waals surface area (Å²) in [6.45, 7) is 3.92. The number of hydrogen-bond acceptors (Lipinski definition) is 6. The Morgan fingerprint density at radius 3 is 2.56 bits per heavy atom. The first-order valence-corrected chi connectivity index (χ1v) is 10.3. The molecule has 1 N–H and O–H groups in total. The molecule has 164 valence electrons. The highest BCUT2D eigenvalue weighted by Crippen LogP contribution is 2.29. The molecular weight excluding hydrogens is 410 g/mol. The fourth-order valence-electron chi connectivity index (χ4n) is 3.48. The SMILES string of the molecule is O=C(Nc1cccc(CN2CCOCC2)c1)c1cc([N+](=O)[O-])ccc1Oc1ccccc1. The predicted octanol–water partition coefficient (Wildman–Crippen LogP) is 4.47. The van der Waals surface area contributed by atoms with Gasteiger partial charge in [-0.25, -0.2) is 0 Å². The lowest BCUT2D eigenvalue weighted by Crippen LogP contribution is -2.35. The molecule has 8 heteroatoms. The monoisotopic (exact) mass is 433 g/mol. The smallest absolute Gasteiger partial charge is 0.270 e. The summed E-state index contributed by atoms with van der Waals surface area (Å²) in [5.74, 6) is 0.287. The highest BCUT2D eigenvalue weighted by atomic mass is 16.6. The summed E-state index contributed by atoms with van der Waals surface area (Å²) in [5, 5.41) is 14.1. The number of nitro groups is 1. The van der Waals surface area contributed by atoms with Crippen LogP contribution in [0.5, 0.6) is 11.5 Å². The van der Waals surface area contributed by atoms with Gasteiger partial charge >= 0.3 is 0 Å². The van der Waals surface area contributed by atoms with Crippen LogP contribution in [0.15, 0.2) is 72.8 Å². The zero-order chi connectivity index (χ0) is 22.3. The summed E-state index contributed by atoms with van der Waals surface area (Å²) >= 11 is 0. The normalized spacial score (nSPS) is 14.0. The molecule has 32 heavy (non-hydrogen) atoms. The number of ether oxygens (including phenoxy) is 2. The van der Waals surface area contributed by atoms with Gasteiger partial charge in [-0.05, 0) is 35.9 Å². The summed E-state index contributed by atoms with van der Waals surface area (Å²) < 4.78 is 11.2. The molecule has 1 heterocycles. The first-order valence-electron chi connectivity index (χ1n) is 10.3. The number of nitrogens with zero attached hydrogens (tertiary/aromatic N) is 2. The maximum atomic E-state index is 13.1. The molecule has 0 bridgehead atoms. The Labute approximate surface area is 185 Å². The van der Waals surface area contributed by atoms with Crippen molar-refractivity contribution in [2.75, 3.05) is 31.6 Å². The van der Waals surface area contributed by atoms with Crippen molar-refractivity contribution in [1.29, 1.82) is 0 Å². The maximum Gasteiger partial charge on any atom is 0.270 e. The van der Waals surface area contributed by atoms with E-state index in [9.17, 15) is 14.9 Å². The van der Waals surface area contributed by atoms with E-state index in [1.165, 1.54) is 18.2 Å². The molecule has 4 rings (SSSR count). The number of hydrogen-bond donors (Lipinski definition) is 1. The van der Waals surface area contributed by atoms with Crippen LogP contribution in [0.3, 0.4) is 0 Å². The summed E-state index contributed by atoms with van der Waals surface area (Å²) in [6, 6.07) is 20.5. The molecule has 1 aliphatic heterocycles. The molecule has 0 saturated carbocycles. The molecule has 1 aliphatic rings. The molecule has 1 saturated heterocycles. The Morgan fingerprint density at radius 1 is 1.03 bits per heavy atom. The fraction of sp³-hybridized carbons (Fsp3) is 0.208. The molecule has 8 nitrogen and oxygen atoms in total. The second kappa shape index (κ2) is 10.0. The van der Waals surface area contributed by atoms with Gasteiger partial charge in [-0.1, -0.05) is 30.3 Å². The van der Waals surface area contributed by atoms with E-state index < -0.39 is 10.8 Å². The zero-order valence-corrected chi connectivity index (χ0v) is 17.4. The molecule has 1 fully saturated rings. The van der Waals surface area contributed by atoms with Gasteiger partial charge in [0, 0.05) is 37.5 Å². The van der Waals surface area contributed by atoms with E-state index in [-0.39, 0.29) is 17.0 Å². The van der Waals surface area contributed by atoms with E-state index in [0.29, 0.717) is 24.7 Å². The van der Waals surface area contributed by atoms with Crippen molar-refractivity contribution < 1.29 is 19.2 Å². The Bertz CT molecular complexity index is 1100. The lowest BCUT2D eigenvalue weighted by molar-refractivity contribution is -0.384. The number of nitrogens with one attached hydrogen (secondary N) is 1. The van der Waals surface area contributed by atoms with Gasteiger partial charge in [0.05, 0.1) is 23.7 Å². The van der Waals surface area contributed by atoms with E-state index in [0.717, 1.165) is 25.2 Å². The molecule has 3 aromatic carbocycles. The number of nitro benzene ring substituents is 1. The van der Waals surface area contributed by atoms with Crippen LogP contribution in [0.1, 0.15) is 15.9 Å². The van der Waals surface area contributed by atoms with Crippen LogP contribution in [-0.2, 0) is 11.3 Å². The van der Waals surface area contributed by atoms with Crippen LogP contribution in [0, 0.1) is 10.1 Å². The third-order valence-corrected chi connectivity index (χ3v) is 5.08. The number of amides is 1. The van der Waals surface area contributed by atoms with Crippen LogP contribution >= 0.6 is 0 Å². The molecule has 0 aliphatic carbocycles. The van der Waals surface area contributed by atoms with Crippen LogP contribution in [0.4, 0.5) is 11.4 Å². The standard InChI is InChI=1S/C24H23N3O5/c28-24(25-19-6-4-5-18(15-19)17-26-11-13-31-14-12-26)22-16-20(27(29)30)9-10-23(22)32-21-7-2-1-3-8-21/h1-10,15-16H,11-14,17H2,(H,25,28). The minimum atomic E-state index is -0.536. The Balaban J connectivity index is 1.54. The van der Waals surface area contributed by atoms with Gasteiger partial charge in [-0.15, -0.1) is 0 Å². The van der Waals surface area contributed by atoms with Gasteiger partial charge in [-0.2, -0.15) is 0 Å². The first kappa shape index (κ1) is 21.5. The second-order valence-corrected chi connectivity index (χ2v) is 7.40. The minimum Gasteiger partial charge on any atom is -0.457 e. The van der Waals surface area contributed by atoms with Gasteiger partial charge in [-0.3, -0.25) is 19.8 Å². The topological polar surface area (TPSA) is 93.9 Å². The molecule has 0 aromatic heterocycles. The molecular formula is C24H23N3O5. The highest BCUT2D eigenvalue weighted by Gasteiger charge is 2.19. The summed E-state index contributed by atoms with van der Waals surface area (Å²) in [5.41, 5.74) is 1.57. The summed E-state index contributed by atoms with van der Waals surface area (Å²) in [6.07, 6.45) is 0. The molecule has 1 amide bonds. The largest absolute Gasteiger partial charge is 0.457 e. The lowest BCUT2D eigenvalue weighted by Gasteiger charge is -2.26. The van der Waals surface area contributed by atoms with Crippen LogP contribution < -0.4 is 10.1 Å². The minimum absolute atomic E-state index is 0.0848. The number of para-hydroxylation sites is 1. The van der Waals surface area contributed by atoms with Gasteiger partial charge in [0.25, 0.3) is 11.6 Å². The number of non-ortho nitro benzene ring substituents is 1. The molecule has 0 spiro atoms. The number of morpholine rings is 1. The van der Waals surface area contributed by atoms with Crippen LogP contribution in [0.2, 0.25) is 0 Å². The van der Waals surface area contributed by atoms with Crippen LogP contribution in [-0.4, -0.2) is 42.0 Å². The van der Waals surface area contributed by atoms with Crippen LogP contribution in [0.25, 0.3) is 0 Å². The van der Waals surface area contributed by atoms with Crippen molar-refractivity contribution in [3.05, 3.63) is 94.0 Å². The average molecular weight is 433 g/mol. The van der Waals surface area contributed by atoms with Gasteiger partial charge in [0.2, 0.25) is 0 Å². The molecule has 0 unspecified atom stereocenters. The Morgan fingerprint density at radius 2 is 1.81 bits per heavy atom. The fourth-order valence-corrected chi connectivity index (χ4v) is 3.48. The van der Waals surface area contributed by atoms with Crippen molar-refractivity contribution in [3.63, 3.8) is 0 Å². The quantitative estimate of drug-likeness (QED) is 0.436. The van der Waals surface area contributed by atoms with Crippen molar-refractivity contribution >= 4 is 17.3 Å². The van der Waals surface area contributed by atoms with E-state index in [2.05, 4.69) is 10.2 Å². The number of anilines is 1. The van der Waals surface area contributed by atoms with Gasteiger partial charge < -0.3 is 14.8 Å². The second-order valence-electron chi connectivity index (χ2n) is 7.40. The molecule has 0 radical (unpaired) electrons. The van der Waals surface area contributed by atoms with E-state index in [1.807, 2.05) is 24.3 Å². The highest BCUT2D eigenvalue weighted by molar-refractivity contribution is 6.06. The average Bonchev–Trinajstić information content (AvgIpc) is 2.81. The van der Waals surface area contributed by atoms with Crippen molar-refractivity contribution in [3.8, 4) is 11.5 Å². The van der Waals surface area contributed by atoms with E-state index >= 15 is 0 Å². The first-order chi connectivity index (χ1) is 15.6. The maximum absolute atomic E-state index is 13.1. The van der Waals surface area contributed by atoms with Crippen molar-refractivity contribution in [1.82, 2.24) is 4.90 Å². The van der Waals surface area contributed by atoms with Crippen molar-refractivity contribution in [2.24, 2.45) is 0 Å². The Hall–Kier alpha value is -3.75. The van der Waals surface area contributed by atoms with Gasteiger partial charge in [0.1, 0.15) is 11.5 Å². The lowest BCUT2D eigenvalue weighted by atomic mass is 10.1. The number of rotatable bonds is 7. The molecule has 0 atom stereocenters. The van der Waals surface area contributed by atoms with E-state index in [4.69, 9.17) is 9.47 Å². The third kappa shape index (κ3) is 5.48. The molecule has 3 aromatic rings. The van der Waals surface area contributed by atoms with Gasteiger partial charge in [0.15, 0.2) is 0 Å². The number of carbonyl (C=O) groups excluding carboxylic acids is 1. The van der Waals surface area contributed by atoms with E-state index in [1.54, 1.807) is 30.3 Å². The zero-order valence-electron chi connectivity index (χ0n) is 17.4. The Kier molecular flexibility index (Phi) is 6.74. The third-order valence-electron chi connectivity index (χ3n) is 5.08. The van der Waals surface area contributed by atoms with Crippen molar-refractivity contribution in [2.45, 2.75) is 6.54 Å². The summed E-state index contributed by atoms with van der Waals surface area (Å²) in [7, 11) is 0. The predicted molar refractivity (Wildman–Crippen MR) is 120 cm³/mol. The summed E-state index contributed by atoms with van der Waals surface area (Å²) in [4.78, 5) is 26.1. The number of benzene rings is 3.